The molecular formula is C13H19N3O3. The second kappa shape index (κ2) is 5.71. The summed E-state index contributed by atoms with van der Waals surface area (Å²) in [5, 5.41) is 20.7. The van der Waals surface area contributed by atoms with Crippen LogP contribution in [-0.4, -0.2) is 46.1 Å². The number of rotatable bonds is 4. The van der Waals surface area contributed by atoms with Crippen molar-refractivity contribution in [1.82, 2.24) is 4.90 Å². The molecule has 1 aromatic carbocycles. The first kappa shape index (κ1) is 15.0. The highest BCUT2D eigenvalue weighted by Gasteiger charge is 2.27. The van der Waals surface area contributed by atoms with Crippen LogP contribution in [0.4, 0.5) is 0 Å². The third-order valence-electron chi connectivity index (χ3n) is 3.13. The maximum absolute atomic E-state index is 12.2. The van der Waals surface area contributed by atoms with Crippen molar-refractivity contribution in [1.29, 1.82) is 0 Å². The normalized spacial score (nSPS) is 12.3. The van der Waals surface area contributed by atoms with Gasteiger partial charge in [-0.1, -0.05) is 17.3 Å². The third-order valence-corrected chi connectivity index (χ3v) is 3.13. The van der Waals surface area contributed by atoms with Crippen LogP contribution in [0.1, 0.15) is 29.8 Å². The molecule has 0 heterocycles. The molecule has 0 saturated heterocycles. The SMILES string of the molecule is CN(C(=O)c1ccc(/C(N)=N/O)cc1)C(C)(C)CO. The molecule has 0 atom stereocenters. The Morgan fingerprint density at radius 1 is 1.32 bits per heavy atom. The van der Waals surface area contributed by atoms with Gasteiger partial charge in [-0.25, -0.2) is 0 Å². The number of carbonyl (C=O) groups is 1. The lowest BCUT2D eigenvalue weighted by Crippen LogP contribution is -2.47. The van der Waals surface area contributed by atoms with E-state index in [4.69, 9.17) is 10.9 Å². The van der Waals surface area contributed by atoms with Crippen molar-refractivity contribution in [2.75, 3.05) is 13.7 Å². The quantitative estimate of drug-likeness (QED) is 0.322. The Bertz CT molecular complexity index is 480. The molecule has 19 heavy (non-hydrogen) atoms. The number of likely N-dealkylation sites (N-methyl/N-ethyl adjacent to an activating group) is 1. The van der Waals surface area contributed by atoms with Gasteiger partial charge in [-0.3, -0.25) is 4.79 Å². The van der Waals surface area contributed by atoms with Crippen molar-refractivity contribution in [3.8, 4) is 0 Å². The van der Waals surface area contributed by atoms with Gasteiger partial charge in [0.1, 0.15) is 0 Å². The average molecular weight is 265 g/mol. The van der Waals surface area contributed by atoms with Crippen molar-refractivity contribution < 1.29 is 15.1 Å². The number of nitrogens with zero attached hydrogens (tertiary/aromatic N) is 2. The Morgan fingerprint density at radius 2 is 1.79 bits per heavy atom. The Morgan fingerprint density at radius 3 is 2.21 bits per heavy atom. The number of aliphatic hydroxyl groups excluding tert-OH is 1. The zero-order chi connectivity index (χ0) is 14.6. The first-order valence-electron chi connectivity index (χ1n) is 5.80. The van der Waals surface area contributed by atoms with E-state index in [2.05, 4.69) is 5.16 Å². The smallest absolute Gasteiger partial charge is 0.254 e. The highest BCUT2D eigenvalue weighted by atomic mass is 16.4. The first-order valence-corrected chi connectivity index (χ1v) is 5.80. The van der Waals surface area contributed by atoms with Crippen LogP contribution in [0.25, 0.3) is 0 Å². The van der Waals surface area contributed by atoms with Gasteiger partial charge >= 0.3 is 0 Å². The molecule has 1 rings (SSSR count). The van der Waals surface area contributed by atoms with E-state index in [9.17, 15) is 9.90 Å². The summed E-state index contributed by atoms with van der Waals surface area (Å²) in [5.74, 6) is -0.215. The van der Waals surface area contributed by atoms with Crippen molar-refractivity contribution in [2.24, 2.45) is 10.9 Å². The summed E-state index contributed by atoms with van der Waals surface area (Å²) in [6, 6.07) is 6.39. The number of amides is 1. The van der Waals surface area contributed by atoms with E-state index in [1.807, 2.05) is 0 Å². The minimum absolute atomic E-state index is 0.0111. The van der Waals surface area contributed by atoms with E-state index in [0.717, 1.165) is 0 Å². The molecule has 1 amide bonds. The van der Waals surface area contributed by atoms with Crippen LogP contribution in [0.2, 0.25) is 0 Å². The van der Waals surface area contributed by atoms with Crippen LogP contribution < -0.4 is 5.73 Å². The predicted molar refractivity (Wildman–Crippen MR) is 72.2 cm³/mol. The average Bonchev–Trinajstić information content (AvgIpc) is 2.44. The topological polar surface area (TPSA) is 99.2 Å². The molecule has 104 valence electrons. The number of amidine groups is 1. The summed E-state index contributed by atoms with van der Waals surface area (Å²) in [6.07, 6.45) is 0. The molecule has 6 nitrogen and oxygen atoms in total. The van der Waals surface area contributed by atoms with Crippen LogP contribution in [0.5, 0.6) is 0 Å². The van der Waals surface area contributed by atoms with Gasteiger partial charge in [0.15, 0.2) is 5.84 Å². The minimum Gasteiger partial charge on any atom is -0.409 e. The van der Waals surface area contributed by atoms with E-state index >= 15 is 0 Å². The van der Waals surface area contributed by atoms with Gasteiger partial charge < -0.3 is 20.9 Å². The molecule has 0 aliphatic heterocycles. The van der Waals surface area contributed by atoms with Gasteiger partial charge in [0, 0.05) is 18.2 Å². The standard InChI is InChI=1S/C13H19N3O3/c1-13(2,8-17)16(3)12(18)10-6-4-9(5-7-10)11(14)15-19/h4-7,17,19H,8H2,1-3H3,(H2,14,15). The molecule has 0 aliphatic rings. The first-order chi connectivity index (χ1) is 8.83. The highest BCUT2D eigenvalue weighted by molar-refractivity contribution is 5.99. The van der Waals surface area contributed by atoms with Gasteiger partial charge in [0.25, 0.3) is 5.91 Å². The second-order valence-corrected chi connectivity index (χ2v) is 4.90. The number of aliphatic hydroxyl groups is 1. The fraction of sp³-hybridized carbons (Fsp3) is 0.385. The molecule has 0 radical (unpaired) electrons. The lowest BCUT2D eigenvalue weighted by Gasteiger charge is -2.34. The second-order valence-electron chi connectivity index (χ2n) is 4.90. The minimum atomic E-state index is -0.638. The van der Waals surface area contributed by atoms with Gasteiger partial charge in [-0.05, 0) is 26.0 Å². The van der Waals surface area contributed by atoms with E-state index in [1.165, 1.54) is 4.90 Å². The number of carbonyl (C=O) groups excluding carboxylic acids is 1. The predicted octanol–water partition coefficient (Wildman–Crippen LogP) is 0.624. The van der Waals surface area contributed by atoms with Crippen LogP contribution in [0, 0.1) is 0 Å². The highest BCUT2D eigenvalue weighted by Crippen LogP contribution is 2.15. The lowest BCUT2D eigenvalue weighted by molar-refractivity contribution is 0.0473. The molecule has 0 bridgehead atoms. The fourth-order valence-electron chi connectivity index (χ4n) is 1.42. The zero-order valence-corrected chi connectivity index (χ0v) is 11.3. The molecule has 4 N–H and O–H groups in total. The summed E-state index contributed by atoms with van der Waals surface area (Å²) in [7, 11) is 1.63. The van der Waals surface area contributed by atoms with Gasteiger partial charge in [-0.15, -0.1) is 0 Å². The fourth-order valence-corrected chi connectivity index (χ4v) is 1.42. The Hall–Kier alpha value is -2.08. The van der Waals surface area contributed by atoms with Gasteiger partial charge in [-0.2, -0.15) is 0 Å². The summed E-state index contributed by atoms with van der Waals surface area (Å²) in [4.78, 5) is 13.7. The van der Waals surface area contributed by atoms with Gasteiger partial charge in [0.05, 0.1) is 12.1 Å². The molecule has 0 spiro atoms. The summed E-state index contributed by atoms with van der Waals surface area (Å²) in [6.45, 7) is 3.42. The molecule has 6 heteroatoms. The Labute approximate surface area is 112 Å². The summed E-state index contributed by atoms with van der Waals surface area (Å²) in [5.41, 5.74) is 5.81. The maximum atomic E-state index is 12.2. The van der Waals surface area contributed by atoms with Crippen molar-refractivity contribution >= 4 is 11.7 Å². The number of hydrogen-bond acceptors (Lipinski definition) is 4. The van der Waals surface area contributed by atoms with Crippen molar-refractivity contribution in [3.05, 3.63) is 35.4 Å². The number of benzene rings is 1. The van der Waals surface area contributed by atoms with E-state index in [1.54, 1.807) is 45.2 Å². The summed E-state index contributed by atoms with van der Waals surface area (Å²) >= 11 is 0. The van der Waals surface area contributed by atoms with Crippen LogP contribution in [-0.2, 0) is 0 Å². The van der Waals surface area contributed by atoms with Crippen molar-refractivity contribution in [2.45, 2.75) is 19.4 Å². The molecule has 0 saturated carbocycles. The molecule has 0 unspecified atom stereocenters. The molecule has 0 aromatic heterocycles. The number of oxime groups is 1. The number of nitrogens with two attached hydrogens (primary N) is 1. The molecule has 1 aromatic rings. The maximum Gasteiger partial charge on any atom is 0.254 e. The number of hydrogen-bond donors (Lipinski definition) is 3. The Kier molecular flexibility index (Phi) is 4.50. The van der Waals surface area contributed by atoms with Gasteiger partial charge in [0.2, 0.25) is 0 Å². The van der Waals surface area contributed by atoms with Crippen LogP contribution in [0.15, 0.2) is 29.4 Å². The van der Waals surface area contributed by atoms with E-state index in [-0.39, 0.29) is 18.3 Å². The van der Waals surface area contributed by atoms with Crippen molar-refractivity contribution in [3.63, 3.8) is 0 Å². The Balaban J connectivity index is 2.96. The molecular weight excluding hydrogens is 246 g/mol. The zero-order valence-electron chi connectivity index (χ0n) is 11.3. The van der Waals surface area contributed by atoms with E-state index in [0.29, 0.717) is 11.1 Å². The summed E-state index contributed by atoms with van der Waals surface area (Å²) < 4.78 is 0. The largest absolute Gasteiger partial charge is 0.409 e. The third kappa shape index (κ3) is 3.23. The monoisotopic (exact) mass is 265 g/mol. The van der Waals surface area contributed by atoms with Crippen LogP contribution in [0.3, 0.4) is 0 Å². The lowest BCUT2D eigenvalue weighted by atomic mass is 10.0. The van der Waals surface area contributed by atoms with E-state index < -0.39 is 5.54 Å². The van der Waals surface area contributed by atoms with Crippen LogP contribution >= 0.6 is 0 Å². The molecule has 0 aliphatic carbocycles. The molecule has 0 fully saturated rings.